The summed E-state index contributed by atoms with van der Waals surface area (Å²) in [6, 6.07) is 4.48. The lowest BCUT2D eigenvalue weighted by Gasteiger charge is -2.20. The van der Waals surface area contributed by atoms with Crippen molar-refractivity contribution in [2.75, 3.05) is 13.2 Å². The molecule has 0 radical (unpaired) electrons. The highest BCUT2D eigenvalue weighted by atomic mass is 16.6. The van der Waals surface area contributed by atoms with Gasteiger partial charge in [0.25, 0.3) is 0 Å². The van der Waals surface area contributed by atoms with Crippen LogP contribution >= 0.6 is 0 Å². The molecule has 17 heavy (non-hydrogen) atoms. The third kappa shape index (κ3) is 3.13. The maximum atomic E-state index is 5.76. The SMILES string of the molecule is Cc1cc2c(cc1CCCC(C)N)OCCO2. The molecule has 1 heterocycles. The number of fused-ring (bicyclic) bond motifs is 1. The van der Waals surface area contributed by atoms with E-state index in [1.807, 2.05) is 0 Å². The van der Waals surface area contributed by atoms with E-state index in [0.29, 0.717) is 13.2 Å². The van der Waals surface area contributed by atoms with E-state index in [-0.39, 0.29) is 6.04 Å². The van der Waals surface area contributed by atoms with Crippen LogP contribution in [-0.4, -0.2) is 19.3 Å². The standard InChI is InChI=1S/C14H21NO2/c1-10-8-13-14(17-7-6-16-13)9-12(10)5-3-4-11(2)15/h8-9,11H,3-7,15H2,1-2H3. The van der Waals surface area contributed by atoms with Crippen LogP contribution in [0, 0.1) is 6.92 Å². The number of hydrogen-bond acceptors (Lipinski definition) is 3. The van der Waals surface area contributed by atoms with Crippen molar-refractivity contribution in [1.82, 2.24) is 0 Å². The van der Waals surface area contributed by atoms with Gasteiger partial charge in [0.05, 0.1) is 0 Å². The minimum absolute atomic E-state index is 0.285. The second kappa shape index (κ2) is 5.41. The van der Waals surface area contributed by atoms with Crippen LogP contribution in [0.3, 0.4) is 0 Å². The van der Waals surface area contributed by atoms with Crippen LogP contribution in [0.5, 0.6) is 11.5 Å². The van der Waals surface area contributed by atoms with Crippen molar-refractivity contribution < 1.29 is 9.47 Å². The van der Waals surface area contributed by atoms with E-state index in [9.17, 15) is 0 Å². The van der Waals surface area contributed by atoms with E-state index in [2.05, 4.69) is 26.0 Å². The van der Waals surface area contributed by atoms with Crippen LogP contribution in [-0.2, 0) is 6.42 Å². The van der Waals surface area contributed by atoms with E-state index in [4.69, 9.17) is 15.2 Å². The Labute approximate surface area is 103 Å². The summed E-state index contributed by atoms with van der Waals surface area (Å²) >= 11 is 0. The molecule has 3 heteroatoms. The molecular formula is C14H21NO2. The predicted molar refractivity (Wildman–Crippen MR) is 68.8 cm³/mol. The third-order valence-corrected chi connectivity index (χ3v) is 3.11. The minimum Gasteiger partial charge on any atom is -0.486 e. The Morgan fingerprint density at radius 3 is 2.53 bits per heavy atom. The van der Waals surface area contributed by atoms with Gasteiger partial charge in [0.1, 0.15) is 13.2 Å². The zero-order chi connectivity index (χ0) is 12.3. The van der Waals surface area contributed by atoms with Crippen LogP contribution in [0.2, 0.25) is 0 Å². The van der Waals surface area contributed by atoms with E-state index in [0.717, 1.165) is 30.8 Å². The quantitative estimate of drug-likeness (QED) is 0.871. The highest BCUT2D eigenvalue weighted by molar-refractivity contribution is 5.47. The molecule has 0 saturated carbocycles. The summed E-state index contributed by atoms with van der Waals surface area (Å²) in [6.45, 7) is 5.47. The summed E-state index contributed by atoms with van der Waals surface area (Å²) in [4.78, 5) is 0. The molecule has 1 aromatic carbocycles. The van der Waals surface area contributed by atoms with Crippen molar-refractivity contribution in [1.29, 1.82) is 0 Å². The van der Waals surface area contributed by atoms with Crippen molar-refractivity contribution in [3.8, 4) is 11.5 Å². The lowest BCUT2D eigenvalue weighted by Crippen LogP contribution is -2.16. The Balaban J connectivity index is 2.06. The lowest BCUT2D eigenvalue weighted by atomic mass is 10.0. The topological polar surface area (TPSA) is 44.5 Å². The Morgan fingerprint density at radius 2 is 1.88 bits per heavy atom. The largest absolute Gasteiger partial charge is 0.486 e. The van der Waals surface area contributed by atoms with Crippen LogP contribution in [0.4, 0.5) is 0 Å². The van der Waals surface area contributed by atoms with Crippen LogP contribution < -0.4 is 15.2 Å². The number of aryl methyl sites for hydroxylation is 2. The molecule has 0 bridgehead atoms. The smallest absolute Gasteiger partial charge is 0.161 e. The molecule has 0 aliphatic carbocycles. The van der Waals surface area contributed by atoms with E-state index in [1.165, 1.54) is 11.1 Å². The number of benzene rings is 1. The second-order valence-corrected chi connectivity index (χ2v) is 4.79. The number of nitrogens with two attached hydrogens (primary N) is 1. The molecule has 0 amide bonds. The highest BCUT2D eigenvalue weighted by Crippen LogP contribution is 2.33. The fourth-order valence-electron chi connectivity index (χ4n) is 2.12. The van der Waals surface area contributed by atoms with Crippen molar-refractivity contribution in [3.63, 3.8) is 0 Å². The maximum absolute atomic E-state index is 5.76. The average molecular weight is 235 g/mol. The molecule has 1 aliphatic rings. The molecular weight excluding hydrogens is 214 g/mol. The first-order valence-electron chi connectivity index (χ1n) is 6.31. The molecule has 0 aromatic heterocycles. The minimum atomic E-state index is 0.285. The van der Waals surface area contributed by atoms with E-state index >= 15 is 0 Å². The summed E-state index contributed by atoms with van der Waals surface area (Å²) in [5.41, 5.74) is 8.38. The van der Waals surface area contributed by atoms with Gasteiger partial charge in [-0.25, -0.2) is 0 Å². The number of ether oxygens (including phenoxy) is 2. The van der Waals surface area contributed by atoms with Gasteiger partial charge in [-0.05, 0) is 56.4 Å². The maximum Gasteiger partial charge on any atom is 0.161 e. The van der Waals surface area contributed by atoms with Crippen molar-refractivity contribution in [2.24, 2.45) is 5.73 Å². The predicted octanol–water partition coefficient (Wildman–Crippen LogP) is 2.44. The molecule has 1 aromatic rings. The monoisotopic (exact) mass is 235 g/mol. The number of rotatable bonds is 4. The summed E-state index contributed by atoms with van der Waals surface area (Å²) in [5, 5.41) is 0. The molecule has 3 nitrogen and oxygen atoms in total. The molecule has 0 saturated heterocycles. The van der Waals surface area contributed by atoms with Crippen LogP contribution in [0.15, 0.2) is 12.1 Å². The van der Waals surface area contributed by atoms with Gasteiger partial charge < -0.3 is 15.2 Å². The van der Waals surface area contributed by atoms with Gasteiger partial charge in [0, 0.05) is 6.04 Å². The van der Waals surface area contributed by atoms with Gasteiger partial charge in [-0.2, -0.15) is 0 Å². The summed E-state index contributed by atoms with van der Waals surface area (Å²) in [5.74, 6) is 1.77. The van der Waals surface area contributed by atoms with E-state index in [1.54, 1.807) is 0 Å². The molecule has 1 aliphatic heterocycles. The fraction of sp³-hybridized carbons (Fsp3) is 0.571. The first-order chi connectivity index (χ1) is 8.16. The second-order valence-electron chi connectivity index (χ2n) is 4.79. The van der Waals surface area contributed by atoms with Crippen molar-refractivity contribution in [2.45, 2.75) is 39.2 Å². The van der Waals surface area contributed by atoms with Gasteiger partial charge in [0.2, 0.25) is 0 Å². The first kappa shape index (κ1) is 12.2. The normalized spacial score (nSPS) is 15.7. The summed E-state index contributed by atoms with van der Waals surface area (Å²) in [7, 11) is 0. The fourth-order valence-corrected chi connectivity index (χ4v) is 2.12. The van der Waals surface area contributed by atoms with Gasteiger partial charge in [-0.3, -0.25) is 0 Å². The Morgan fingerprint density at radius 1 is 1.24 bits per heavy atom. The first-order valence-corrected chi connectivity index (χ1v) is 6.31. The zero-order valence-corrected chi connectivity index (χ0v) is 10.7. The van der Waals surface area contributed by atoms with Gasteiger partial charge >= 0.3 is 0 Å². The molecule has 1 unspecified atom stereocenters. The summed E-state index contributed by atoms with van der Waals surface area (Å²) in [6.07, 6.45) is 3.25. The average Bonchev–Trinajstić information content (AvgIpc) is 2.29. The van der Waals surface area contributed by atoms with Crippen molar-refractivity contribution >= 4 is 0 Å². The molecule has 2 rings (SSSR count). The molecule has 2 N–H and O–H groups in total. The Kier molecular flexibility index (Phi) is 3.89. The van der Waals surface area contributed by atoms with Crippen molar-refractivity contribution in [3.05, 3.63) is 23.3 Å². The van der Waals surface area contributed by atoms with Crippen LogP contribution in [0.25, 0.3) is 0 Å². The Bertz CT molecular complexity index is 388. The van der Waals surface area contributed by atoms with E-state index < -0.39 is 0 Å². The number of hydrogen-bond donors (Lipinski definition) is 1. The molecule has 94 valence electrons. The molecule has 0 fully saturated rings. The van der Waals surface area contributed by atoms with Crippen LogP contribution in [0.1, 0.15) is 30.9 Å². The lowest BCUT2D eigenvalue weighted by molar-refractivity contribution is 0.171. The van der Waals surface area contributed by atoms with Gasteiger partial charge in [0.15, 0.2) is 11.5 Å². The highest BCUT2D eigenvalue weighted by Gasteiger charge is 2.13. The molecule has 1 atom stereocenters. The summed E-state index contributed by atoms with van der Waals surface area (Å²) < 4.78 is 11.2. The van der Waals surface area contributed by atoms with Gasteiger partial charge in [-0.15, -0.1) is 0 Å². The third-order valence-electron chi connectivity index (χ3n) is 3.11. The zero-order valence-electron chi connectivity index (χ0n) is 10.7. The van der Waals surface area contributed by atoms with Gasteiger partial charge in [-0.1, -0.05) is 0 Å². The molecule has 0 spiro atoms. The Hall–Kier alpha value is -1.22.